The molecule has 2 aliphatic heterocycles. The minimum Gasteiger partial charge on any atom is -0.340 e. The molecule has 23 heavy (non-hydrogen) atoms. The van der Waals surface area contributed by atoms with Crippen LogP contribution in [-0.2, 0) is 11.3 Å². The van der Waals surface area contributed by atoms with Crippen LogP contribution in [0.4, 0.5) is 0 Å². The second-order valence-electron chi connectivity index (χ2n) is 5.95. The molecular weight excluding hydrogens is 332 g/mol. The molecule has 3 heterocycles. The molecule has 2 aliphatic rings. The van der Waals surface area contributed by atoms with Gasteiger partial charge in [0, 0.05) is 75.6 Å². The SMILES string of the molecule is Cl.O=C(CC1CSCCN1)N1CCN(Cc2cccnc2)CC1. The summed E-state index contributed by atoms with van der Waals surface area (Å²) in [4.78, 5) is 21.0. The minimum absolute atomic E-state index is 0. The van der Waals surface area contributed by atoms with E-state index in [1.54, 1.807) is 6.20 Å². The Labute approximate surface area is 148 Å². The van der Waals surface area contributed by atoms with Crippen LogP contribution in [0.1, 0.15) is 12.0 Å². The smallest absolute Gasteiger partial charge is 0.224 e. The molecular formula is C16H25ClN4OS. The van der Waals surface area contributed by atoms with Gasteiger partial charge in [-0.05, 0) is 11.6 Å². The van der Waals surface area contributed by atoms with Crippen molar-refractivity contribution >= 4 is 30.1 Å². The Kier molecular flexibility index (Phi) is 7.62. The van der Waals surface area contributed by atoms with Crippen LogP contribution in [0.15, 0.2) is 24.5 Å². The lowest BCUT2D eigenvalue weighted by Crippen LogP contribution is -2.50. The number of piperazine rings is 1. The summed E-state index contributed by atoms with van der Waals surface area (Å²) in [6.07, 6.45) is 4.37. The lowest BCUT2D eigenvalue weighted by atomic mass is 10.2. The number of pyridine rings is 1. The maximum absolute atomic E-state index is 12.4. The predicted octanol–water partition coefficient (Wildman–Crippen LogP) is 1.24. The van der Waals surface area contributed by atoms with Crippen LogP contribution in [0.5, 0.6) is 0 Å². The van der Waals surface area contributed by atoms with E-state index in [4.69, 9.17) is 0 Å². The molecule has 5 nitrogen and oxygen atoms in total. The lowest BCUT2D eigenvalue weighted by Gasteiger charge is -2.35. The van der Waals surface area contributed by atoms with Crippen molar-refractivity contribution in [2.24, 2.45) is 0 Å². The first-order chi connectivity index (χ1) is 10.8. The number of aromatic nitrogens is 1. The van der Waals surface area contributed by atoms with Gasteiger partial charge in [-0.1, -0.05) is 6.07 Å². The fourth-order valence-corrected chi connectivity index (χ4v) is 3.95. The van der Waals surface area contributed by atoms with Gasteiger partial charge in [0.25, 0.3) is 0 Å². The Hall–Kier alpha value is -0.820. The summed E-state index contributed by atoms with van der Waals surface area (Å²) in [5.41, 5.74) is 1.24. The van der Waals surface area contributed by atoms with Crippen LogP contribution in [0.2, 0.25) is 0 Å². The van der Waals surface area contributed by atoms with Gasteiger partial charge in [0.15, 0.2) is 0 Å². The highest BCUT2D eigenvalue weighted by Gasteiger charge is 2.24. The van der Waals surface area contributed by atoms with Crippen molar-refractivity contribution in [1.82, 2.24) is 20.1 Å². The van der Waals surface area contributed by atoms with Gasteiger partial charge in [-0.2, -0.15) is 11.8 Å². The number of hydrogen-bond donors (Lipinski definition) is 1. The van der Waals surface area contributed by atoms with Gasteiger partial charge in [0.05, 0.1) is 0 Å². The van der Waals surface area contributed by atoms with E-state index < -0.39 is 0 Å². The van der Waals surface area contributed by atoms with E-state index in [1.165, 1.54) is 5.56 Å². The first-order valence-electron chi connectivity index (χ1n) is 8.01. The van der Waals surface area contributed by atoms with E-state index in [9.17, 15) is 4.79 Å². The van der Waals surface area contributed by atoms with Crippen molar-refractivity contribution < 1.29 is 4.79 Å². The third-order valence-electron chi connectivity index (χ3n) is 4.27. The number of thioether (sulfide) groups is 1. The molecule has 0 spiro atoms. The van der Waals surface area contributed by atoms with Crippen LogP contribution >= 0.6 is 24.2 Å². The van der Waals surface area contributed by atoms with Crippen molar-refractivity contribution in [2.45, 2.75) is 19.0 Å². The van der Waals surface area contributed by atoms with Crippen molar-refractivity contribution in [3.63, 3.8) is 0 Å². The molecule has 128 valence electrons. The van der Waals surface area contributed by atoms with Gasteiger partial charge in [-0.3, -0.25) is 14.7 Å². The van der Waals surface area contributed by atoms with E-state index >= 15 is 0 Å². The molecule has 1 amide bonds. The Balaban J connectivity index is 0.00000192. The zero-order valence-corrected chi connectivity index (χ0v) is 15.0. The number of hydrogen-bond acceptors (Lipinski definition) is 5. The molecule has 1 aromatic rings. The minimum atomic E-state index is 0. The van der Waals surface area contributed by atoms with Crippen molar-refractivity contribution in [2.75, 3.05) is 44.2 Å². The van der Waals surface area contributed by atoms with Gasteiger partial charge in [-0.25, -0.2) is 0 Å². The highest BCUT2D eigenvalue weighted by atomic mass is 35.5. The molecule has 1 aromatic heterocycles. The fraction of sp³-hybridized carbons (Fsp3) is 0.625. The molecule has 0 saturated carbocycles. The number of carbonyl (C=O) groups excluding carboxylic acids is 1. The molecule has 0 bridgehead atoms. The molecule has 0 radical (unpaired) electrons. The monoisotopic (exact) mass is 356 g/mol. The lowest BCUT2D eigenvalue weighted by molar-refractivity contribution is -0.133. The van der Waals surface area contributed by atoms with Crippen LogP contribution < -0.4 is 5.32 Å². The summed E-state index contributed by atoms with van der Waals surface area (Å²) in [7, 11) is 0. The van der Waals surface area contributed by atoms with Gasteiger partial charge in [-0.15, -0.1) is 12.4 Å². The standard InChI is InChI=1S/C16H24N4OS.ClH/c21-16(10-15-13-22-9-4-18-15)20-7-5-19(6-8-20)12-14-2-1-3-17-11-14;/h1-3,11,15,18H,4-10,12-13H2;1H. The number of nitrogens with zero attached hydrogens (tertiary/aromatic N) is 3. The number of amides is 1. The number of rotatable bonds is 4. The summed E-state index contributed by atoms with van der Waals surface area (Å²) in [6, 6.07) is 4.45. The highest BCUT2D eigenvalue weighted by molar-refractivity contribution is 7.99. The molecule has 2 saturated heterocycles. The highest BCUT2D eigenvalue weighted by Crippen LogP contribution is 2.13. The third-order valence-corrected chi connectivity index (χ3v) is 5.40. The zero-order chi connectivity index (χ0) is 15.2. The molecule has 0 aromatic carbocycles. The topological polar surface area (TPSA) is 48.5 Å². The van der Waals surface area contributed by atoms with Crippen molar-refractivity contribution in [3.05, 3.63) is 30.1 Å². The van der Waals surface area contributed by atoms with Crippen molar-refractivity contribution in [3.8, 4) is 0 Å². The third kappa shape index (κ3) is 5.64. The van der Waals surface area contributed by atoms with E-state index in [-0.39, 0.29) is 12.4 Å². The van der Waals surface area contributed by atoms with Gasteiger partial charge in [0.2, 0.25) is 5.91 Å². The Morgan fingerprint density at radius 1 is 1.35 bits per heavy atom. The zero-order valence-electron chi connectivity index (χ0n) is 13.3. The van der Waals surface area contributed by atoms with Gasteiger partial charge < -0.3 is 10.2 Å². The summed E-state index contributed by atoms with van der Waals surface area (Å²) in [5, 5.41) is 3.44. The Morgan fingerprint density at radius 2 is 2.17 bits per heavy atom. The van der Waals surface area contributed by atoms with Crippen LogP contribution in [-0.4, -0.2) is 71.0 Å². The van der Waals surface area contributed by atoms with Gasteiger partial charge in [0.1, 0.15) is 0 Å². The Bertz CT molecular complexity index is 476. The second-order valence-corrected chi connectivity index (χ2v) is 7.10. The second kappa shape index (κ2) is 9.47. The van der Waals surface area contributed by atoms with E-state index in [2.05, 4.69) is 21.3 Å². The number of nitrogens with one attached hydrogen (secondary N) is 1. The Morgan fingerprint density at radius 3 is 2.83 bits per heavy atom. The summed E-state index contributed by atoms with van der Waals surface area (Å²) in [5.74, 6) is 2.53. The molecule has 3 rings (SSSR count). The first kappa shape index (κ1) is 18.5. The van der Waals surface area contributed by atoms with Crippen molar-refractivity contribution in [1.29, 1.82) is 0 Å². The largest absolute Gasteiger partial charge is 0.340 e. The summed E-state index contributed by atoms with van der Waals surface area (Å²) >= 11 is 1.95. The molecule has 7 heteroatoms. The molecule has 2 fully saturated rings. The van der Waals surface area contributed by atoms with Gasteiger partial charge >= 0.3 is 0 Å². The molecule has 1 N–H and O–H groups in total. The maximum atomic E-state index is 12.4. The van der Waals surface area contributed by atoms with E-state index in [0.29, 0.717) is 18.4 Å². The average molecular weight is 357 g/mol. The van der Waals surface area contributed by atoms with E-state index in [1.807, 2.05) is 28.9 Å². The molecule has 1 atom stereocenters. The molecule has 1 unspecified atom stereocenters. The fourth-order valence-electron chi connectivity index (χ4n) is 3.00. The summed E-state index contributed by atoms with van der Waals surface area (Å²) in [6.45, 7) is 5.55. The van der Waals surface area contributed by atoms with Crippen LogP contribution in [0.3, 0.4) is 0 Å². The maximum Gasteiger partial charge on any atom is 0.224 e. The number of halogens is 1. The van der Waals surface area contributed by atoms with E-state index in [0.717, 1.165) is 50.8 Å². The quantitative estimate of drug-likeness (QED) is 0.879. The summed E-state index contributed by atoms with van der Waals surface area (Å²) < 4.78 is 0. The normalized spacial score (nSPS) is 22.4. The van der Waals surface area contributed by atoms with Crippen LogP contribution in [0.25, 0.3) is 0 Å². The predicted molar refractivity (Wildman–Crippen MR) is 97.1 cm³/mol. The first-order valence-corrected chi connectivity index (χ1v) is 9.17. The average Bonchev–Trinajstić information content (AvgIpc) is 2.57. The molecule has 0 aliphatic carbocycles. The number of carbonyl (C=O) groups is 1. The van der Waals surface area contributed by atoms with Crippen LogP contribution in [0, 0.1) is 0 Å².